The van der Waals surface area contributed by atoms with Crippen molar-refractivity contribution in [3.05, 3.63) is 160 Å². The zero-order chi connectivity index (χ0) is 47.7. The Kier molecular flexibility index (Phi) is 14.4. The van der Waals surface area contributed by atoms with Crippen molar-refractivity contribution in [1.82, 2.24) is 0 Å². The number of aryl methyl sites for hydroxylation is 1. The summed E-state index contributed by atoms with van der Waals surface area (Å²) in [7, 11) is 1.57. The molecule has 0 bridgehead atoms. The molecule has 2 aliphatic heterocycles. The van der Waals surface area contributed by atoms with Gasteiger partial charge in [-0.05, 0) is 139 Å². The molecule has 0 fully saturated rings. The first-order valence-corrected chi connectivity index (χ1v) is 22.3. The summed E-state index contributed by atoms with van der Waals surface area (Å²) >= 11 is 2.46. The molecule has 4 heterocycles. The van der Waals surface area contributed by atoms with Crippen molar-refractivity contribution in [1.29, 1.82) is 0 Å². The molecule has 0 spiro atoms. The van der Waals surface area contributed by atoms with Crippen molar-refractivity contribution in [3.63, 3.8) is 0 Å². The highest BCUT2D eigenvalue weighted by Crippen LogP contribution is 2.34. The maximum atomic E-state index is 14.4. The van der Waals surface area contributed by atoms with Gasteiger partial charge in [0, 0.05) is 26.3 Å². The maximum Gasteiger partial charge on any atom is 0.265 e. The molecular weight excluding hydrogens is 922 g/mol. The molecular formula is C50H39F3N4O9S2. The summed E-state index contributed by atoms with van der Waals surface area (Å²) in [5.41, 5.74) is 2.16. The fourth-order valence-corrected chi connectivity index (χ4v) is 8.69. The van der Waals surface area contributed by atoms with Gasteiger partial charge in [-0.1, -0.05) is 6.07 Å². The van der Waals surface area contributed by atoms with Gasteiger partial charge in [0.05, 0.1) is 28.2 Å². The molecule has 0 radical (unpaired) electrons. The van der Waals surface area contributed by atoms with Gasteiger partial charge in [0.2, 0.25) is 6.41 Å². The molecule has 0 unspecified atom stereocenters. The van der Waals surface area contributed by atoms with Crippen molar-refractivity contribution in [2.24, 2.45) is 0 Å². The quantitative estimate of drug-likeness (QED) is 0.103. The zero-order valence-corrected chi connectivity index (χ0v) is 37.7. The molecule has 0 aliphatic carbocycles. The minimum absolute atomic E-state index is 0.0417. The fraction of sp³-hybridized carbons (Fsp3) is 0.120. The number of amides is 4. The number of anilines is 4. The molecule has 2 aromatic heterocycles. The first-order chi connectivity index (χ1) is 32.9. The van der Waals surface area contributed by atoms with E-state index >= 15 is 0 Å². The average Bonchev–Trinajstić information content (AvgIpc) is 3.98. The smallest absolute Gasteiger partial charge is 0.265 e. The highest BCUT2D eigenvalue weighted by atomic mass is 32.1. The fourth-order valence-electron chi connectivity index (χ4n) is 6.76. The number of methoxy groups -OCH3 is 1. The highest BCUT2D eigenvalue weighted by molar-refractivity contribution is 7.21. The number of carbonyl (C=O) groups is 4. The third-order valence-corrected chi connectivity index (χ3v) is 12.3. The number of hydrogen-bond acceptors (Lipinski definition) is 11. The van der Waals surface area contributed by atoms with Crippen LogP contribution in [-0.4, -0.2) is 57.7 Å². The first-order valence-electron chi connectivity index (χ1n) is 20.7. The van der Waals surface area contributed by atoms with E-state index < -0.39 is 29.4 Å². The summed E-state index contributed by atoms with van der Waals surface area (Å²) in [6.45, 7) is 4.23. The van der Waals surface area contributed by atoms with Gasteiger partial charge in [-0.15, -0.1) is 22.7 Å². The van der Waals surface area contributed by atoms with Crippen LogP contribution in [0.2, 0.25) is 0 Å². The number of carbonyl (C=O) groups excluding carboxylic acids is 4. The van der Waals surface area contributed by atoms with Crippen LogP contribution in [0.4, 0.5) is 35.9 Å². The molecule has 0 atom stereocenters. The minimum atomic E-state index is -0.623. The Balaban J connectivity index is 0.000000157. The number of ether oxygens (including phenoxy) is 5. The van der Waals surface area contributed by atoms with Crippen LogP contribution in [0.5, 0.6) is 28.7 Å². The van der Waals surface area contributed by atoms with E-state index in [2.05, 4.69) is 21.3 Å². The van der Waals surface area contributed by atoms with Crippen LogP contribution in [0.15, 0.2) is 121 Å². The molecule has 346 valence electrons. The lowest BCUT2D eigenvalue weighted by Gasteiger charge is -2.18. The Morgan fingerprint density at radius 1 is 0.559 bits per heavy atom. The first kappa shape index (κ1) is 46.4. The summed E-state index contributed by atoms with van der Waals surface area (Å²) in [5, 5.41) is 11.6. The van der Waals surface area contributed by atoms with Gasteiger partial charge >= 0.3 is 0 Å². The molecule has 13 nitrogen and oxygen atoms in total. The van der Waals surface area contributed by atoms with E-state index in [9.17, 15) is 32.3 Å². The van der Waals surface area contributed by atoms with Crippen molar-refractivity contribution < 1.29 is 56.0 Å². The van der Waals surface area contributed by atoms with Crippen molar-refractivity contribution >= 4 is 89.7 Å². The lowest BCUT2D eigenvalue weighted by Crippen LogP contribution is -2.17. The number of nitrogens with one attached hydrogen (secondary N) is 4. The molecule has 4 N–H and O–H groups in total. The van der Waals surface area contributed by atoms with Gasteiger partial charge in [-0.25, -0.2) is 13.2 Å². The van der Waals surface area contributed by atoms with Gasteiger partial charge in [0.25, 0.3) is 17.7 Å². The Hall–Kier alpha value is -8.09. The topological polar surface area (TPSA) is 163 Å². The van der Waals surface area contributed by atoms with Gasteiger partial charge in [0.15, 0.2) is 23.0 Å². The summed E-state index contributed by atoms with van der Waals surface area (Å²) in [6.07, 6.45) is 0.458. The standard InChI is InChI=1S/C25H19FN2O5S.C16H10F2N2O2S.C9H10O2/c1-31-17-5-2-14-11-23(34-22(14)13-17)25(30)28-19-12-16(4-6-18(19)26)27-24(29)15-3-7-20-21(10-15)33-9-8-32-20;17-10-1-4-14-9(5-10)6-15(23-14)16(22)20-13-7-11(19-8-21)2-3-12(13)18;1-7-2-3-8-9(6-7)11-5-4-10-8/h2-7,10-13H,8-9H2,1H3,(H,27,29)(H,28,30);1-8H,(H,19,21)(H,20,22);2-3,6H,4-5H2,1H3. The van der Waals surface area contributed by atoms with Crippen LogP contribution in [-0.2, 0) is 4.79 Å². The molecule has 18 heteroatoms. The Morgan fingerprint density at radius 3 is 1.81 bits per heavy atom. The molecule has 10 rings (SSSR count). The molecule has 68 heavy (non-hydrogen) atoms. The largest absolute Gasteiger partial charge is 0.497 e. The van der Waals surface area contributed by atoms with Crippen LogP contribution in [0, 0.1) is 24.4 Å². The van der Waals surface area contributed by atoms with E-state index in [1.54, 1.807) is 43.5 Å². The monoisotopic (exact) mass is 960 g/mol. The van der Waals surface area contributed by atoms with Gasteiger partial charge < -0.3 is 45.0 Å². The zero-order valence-electron chi connectivity index (χ0n) is 36.1. The summed E-state index contributed by atoms with van der Waals surface area (Å²) < 4.78 is 69.9. The van der Waals surface area contributed by atoms with E-state index in [0.29, 0.717) is 82.2 Å². The van der Waals surface area contributed by atoms with Crippen molar-refractivity contribution in [2.45, 2.75) is 6.92 Å². The number of fused-ring (bicyclic) bond motifs is 4. The second kappa shape index (κ2) is 21.0. The Bertz CT molecular complexity index is 3200. The second-order valence-corrected chi connectivity index (χ2v) is 17.0. The van der Waals surface area contributed by atoms with Crippen LogP contribution >= 0.6 is 22.7 Å². The number of halogens is 3. The van der Waals surface area contributed by atoms with Crippen LogP contribution in [0.1, 0.15) is 35.3 Å². The van der Waals surface area contributed by atoms with Crippen LogP contribution in [0.25, 0.3) is 20.2 Å². The third-order valence-electron chi connectivity index (χ3n) is 10.1. The molecule has 0 saturated carbocycles. The molecule has 6 aromatic carbocycles. The van der Waals surface area contributed by atoms with Crippen LogP contribution < -0.4 is 45.0 Å². The van der Waals surface area contributed by atoms with E-state index in [1.807, 2.05) is 43.3 Å². The Labute approximate surface area is 394 Å². The average molecular weight is 961 g/mol. The van der Waals surface area contributed by atoms with Crippen molar-refractivity contribution in [3.8, 4) is 28.7 Å². The van der Waals surface area contributed by atoms with Crippen molar-refractivity contribution in [2.75, 3.05) is 54.8 Å². The SMILES string of the molecule is COc1ccc2cc(C(=O)Nc3cc(NC(=O)c4ccc5c(c4)OCCO5)ccc3F)sc2c1.Cc1ccc2c(c1)OCCO2.O=CNc1ccc(F)c(NC(=O)c2cc3cc(F)ccc3s2)c1. The third kappa shape index (κ3) is 11.3. The molecule has 0 saturated heterocycles. The minimum Gasteiger partial charge on any atom is -0.497 e. The lowest BCUT2D eigenvalue weighted by molar-refractivity contribution is -0.105. The Morgan fingerprint density at radius 2 is 1.15 bits per heavy atom. The van der Waals surface area contributed by atoms with E-state index in [1.165, 1.54) is 70.7 Å². The van der Waals surface area contributed by atoms with Gasteiger partial charge in [-0.3, -0.25) is 19.2 Å². The predicted octanol–water partition coefficient (Wildman–Crippen LogP) is 11.1. The van der Waals surface area contributed by atoms with Gasteiger partial charge in [-0.2, -0.15) is 0 Å². The van der Waals surface area contributed by atoms with Gasteiger partial charge in [0.1, 0.15) is 49.6 Å². The molecule has 4 amide bonds. The lowest BCUT2D eigenvalue weighted by atomic mass is 10.1. The second-order valence-electron chi connectivity index (χ2n) is 14.8. The molecule has 8 aromatic rings. The van der Waals surface area contributed by atoms with E-state index in [0.717, 1.165) is 32.4 Å². The van der Waals surface area contributed by atoms with E-state index in [-0.39, 0.29) is 17.2 Å². The number of rotatable bonds is 9. The van der Waals surface area contributed by atoms with E-state index in [4.69, 9.17) is 23.7 Å². The summed E-state index contributed by atoms with van der Waals surface area (Å²) in [4.78, 5) is 48.9. The highest BCUT2D eigenvalue weighted by Gasteiger charge is 2.18. The number of thiophene rings is 2. The normalized spacial score (nSPS) is 12.1. The summed E-state index contributed by atoms with van der Waals surface area (Å²) in [5.74, 6) is 0.506. The van der Waals surface area contributed by atoms with Crippen LogP contribution in [0.3, 0.4) is 0 Å². The summed E-state index contributed by atoms with van der Waals surface area (Å²) in [6, 6.07) is 31.7. The maximum absolute atomic E-state index is 14.4. The molecule has 2 aliphatic rings. The predicted molar refractivity (Wildman–Crippen MR) is 256 cm³/mol. The number of benzene rings is 6. The number of hydrogen-bond donors (Lipinski definition) is 4.